The molecule has 0 spiro atoms. The van der Waals surface area contributed by atoms with Crippen LogP contribution < -0.4 is 9.64 Å². The molecule has 8 heteroatoms. The van der Waals surface area contributed by atoms with E-state index in [9.17, 15) is 19.5 Å². The number of carbonyl (C=O) groups excluding carboxylic acids is 2. The van der Waals surface area contributed by atoms with E-state index in [1.807, 2.05) is 6.07 Å². The highest BCUT2D eigenvalue weighted by atomic mass is 16.5. The molecule has 2 rings (SSSR count). The van der Waals surface area contributed by atoms with E-state index in [1.54, 1.807) is 57.2 Å². The summed E-state index contributed by atoms with van der Waals surface area (Å²) >= 11 is 0. The molecular weight excluding hydrogens is 410 g/mol. The molecule has 0 unspecified atom stereocenters. The number of nitrogens with zero attached hydrogens (tertiary/aromatic N) is 3. The second kappa shape index (κ2) is 9.96. The van der Waals surface area contributed by atoms with Gasteiger partial charge in [0.2, 0.25) is 6.41 Å². The molecule has 8 nitrogen and oxygen atoms in total. The van der Waals surface area contributed by atoms with Crippen LogP contribution in [0.4, 0.5) is 10.5 Å². The van der Waals surface area contributed by atoms with Crippen LogP contribution in [0, 0.1) is 25.2 Å². The van der Waals surface area contributed by atoms with Crippen LogP contribution in [-0.2, 0) is 16.1 Å². The van der Waals surface area contributed by atoms with Crippen LogP contribution >= 0.6 is 0 Å². The summed E-state index contributed by atoms with van der Waals surface area (Å²) < 4.78 is 5.71. The highest BCUT2D eigenvalue weighted by Gasteiger charge is 2.31. The Kier molecular flexibility index (Phi) is 7.60. The zero-order valence-corrected chi connectivity index (χ0v) is 18.9. The fraction of sp³-hybridized carbons (Fsp3) is 0.333. The van der Waals surface area contributed by atoms with Crippen LogP contribution in [0.15, 0.2) is 36.4 Å². The minimum absolute atomic E-state index is 0.0411. The van der Waals surface area contributed by atoms with Gasteiger partial charge in [0.05, 0.1) is 18.2 Å². The van der Waals surface area contributed by atoms with Crippen molar-refractivity contribution in [2.45, 2.75) is 46.8 Å². The molecular formula is C24H27N3O5. The number of anilines is 1. The smallest absolute Gasteiger partial charge is 0.347 e. The van der Waals surface area contributed by atoms with Gasteiger partial charge in [-0.2, -0.15) is 5.26 Å². The lowest BCUT2D eigenvalue weighted by atomic mass is 10.0. The predicted octanol–water partition coefficient (Wildman–Crippen LogP) is 4.02. The van der Waals surface area contributed by atoms with Gasteiger partial charge in [-0.15, -0.1) is 0 Å². The molecule has 32 heavy (non-hydrogen) atoms. The molecule has 0 aromatic heterocycles. The molecule has 0 heterocycles. The summed E-state index contributed by atoms with van der Waals surface area (Å²) in [5.74, 6) is -0.626. The maximum Gasteiger partial charge on any atom is 0.347 e. The van der Waals surface area contributed by atoms with Crippen LogP contribution in [0.5, 0.6) is 5.75 Å². The van der Waals surface area contributed by atoms with Gasteiger partial charge in [-0.05, 0) is 75.6 Å². The Balaban J connectivity index is 2.27. The van der Waals surface area contributed by atoms with Crippen molar-refractivity contribution in [2.75, 3.05) is 11.4 Å². The number of aliphatic carboxylic acids is 1. The second-order valence-corrected chi connectivity index (χ2v) is 7.90. The molecule has 0 aliphatic carbocycles. The maximum atomic E-state index is 13.0. The van der Waals surface area contributed by atoms with Crippen molar-refractivity contribution >= 4 is 24.1 Å². The number of hydrogen-bond acceptors (Lipinski definition) is 5. The Hall–Kier alpha value is -3.86. The first-order valence-corrected chi connectivity index (χ1v) is 10.1. The summed E-state index contributed by atoms with van der Waals surface area (Å²) in [6.07, 6.45) is 0.483. The Morgan fingerprint density at radius 3 is 2.16 bits per heavy atom. The van der Waals surface area contributed by atoms with Gasteiger partial charge in [-0.1, -0.05) is 12.1 Å². The van der Waals surface area contributed by atoms with E-state index in [2.05, 4.69) is 0 Å². The van der Waals surface area contributed by atoms with Gasteiger partial charge in [0.15, 0.2) is 5.60 Å². The van der Waals surface area contributed by atoms with Crippen LogP contribution in [0.2, 0.25) is 0 Å². The number of imide groups is 1. The monoisotopic (exact) mass is 437 g/mol. The highest BCUT2D eigenvalue weighted by Crippen LogP contribution is 2.29. The van der Waals surface area contributed by atoms with E-state index >= 15 is 0 Å². The van der Waals surface area contributed by atoms with Crippen LogP contribution in [0.3, 0.4) is 0 Å². The first kappa shape index (κ1) is 24.4. The number of ether oxygens (including phenoxy) is 1. The van der Waals surface area contributed by atoms with E-state index in [4.69, 9.17) is 10.00 Å². The molecule has 0 radical (unpaired) electrons. The van der Waals surface area contributed by atoms with E-state index < -0.39 is 17.6 Å². The number of carboxylic acid groups (broad SMARTS) is 1. The quantitative estimate of drug-likeness (QED) is 0.625. The van der Waals surface area contributed by atoms with Crippen molar-refractivity contribution in [3.63, 3.8) is 0 Å². The summed E-state index contributed by atoms with van der Waals surface area (Å²) in [7, 11) is 0. The van der Waals surface area contributed by atoms with Crippen molar-refractivity contribution < 1.29 is 24.2 Å². The number of rotatable bonds is 8. The SMILES string of the molecule is CCN(C(=O)N(C=O)Cc1cc(C)c(OC(C)(C)C(=O)O)c(C)c1)c1ccc(C#N)cc1. The van der Waals surface area contributed by atoms with Gasteiger partial charge < -0.3 is 9.84 Å². The van der Waals surface area contributed by atoms with Crippen molar-refractivity contribution in [1.82, 2.24) is 4.90 Å². The maximum absolute atomic E-state index is 13.0. The largest absolute Gasteiger partial charge is 0.478 e. The van der Waals surface area contributed by atoms with Gasteiger partial charge in [-0.3, -0.25) is 14.6 Å². The fourth-order valence-electron chi connectivity index (χ4n) is 3.24. The third kappa shape index (κ3) is 5.43. The molecule has 0 aliphatic heterocycles. The molecule has 0 saturated carbocycles. The van der Waals surface area contributed by atoms with Crippen molar-refractivity contribution in [2.24, 2.45) is 0 Å². The van der Waals surface area contributed by atoms with E-state index in [0.29, 0.717) is 46.6 Å². The van der Waals surface area contributed by atoms with Gasteiger partial charge in [0, 0.05) is 12.2 Å². The van der Waals surface area contributed by atoms with Crippen molar-refractivity contribution in [3.8, 4) is 11.8 Å². The molecule has 0 aliphatic rings. The van der Waals surface area contributed by atoms with Gasteiger partial charge in [0.1, 0.15) is 5.75 Å². The molecule has 2 aromatic rings. The van der Waals surface area contributed by atoms with Crippen molar-refractivity contribution in [1.29, 1.82) is 5.26 Å². The summed E-state index contributed by atoms with van der Waals surface area (Å²) in [6.45, 7) is 8.68. The lowest BCUT2D eigenvalue weighted by Gasteiger charge is -2.27. The minimum Gasteiger partial charge on any atom is -0.478 e. The lowest BCUT2D eigenvalue weighted by molar-refractivity contribution is -0.152. The first-order chi connectivity index (χ1) is 15.0. The number of aryl methyl sites for hydroxylation is 2. The van der Waals surface area contributed by atoms with E-state index in [0.717, 1.165) is 4.90 Å². The summed E-state index contributed by atoms with van der Waals surface area (Å²) in [4.78, 5) is 38.7. The number of hydrogen-bond donors (Lipinski definition) is 1. The molecule has 0 bridgehead atoms. The summed E-state index contributed by atoms with van der Waals surface area (Å²) in [5, 5.41) is 18.3. The van der Waals surface area contributed by atoms with Gasteiger partial charge >= 0.3 is 12.0 Å². The lowest BCUT2D eigenvalue weighted by Crippen LogP contribution is -2.42. The van der Waals surface area contributed by atoms with Crippen LogP contribution in [0.1, 0.15) is 43.0 Å². The molecule has 0 fully saturated rings. The Morgan fingerprint density at radius 1 is 1.16 bits per heavy atom. The molecule has 3 amide bonds. The fourth-order valence-corrected chi connectivity index (χ4v) is 3.24. The summed E-state index contributed by atoms with van der Waals surface area (Å²) in [5.41, 5.74) is 1.76. The Labute approximate surface area is 187 Å². The Morgan fingerprint density at radius 2 is 1.72 bits per heavy atom. The number of nitriles is 1. The Bertz CT molecular complexity index is 1030. The number of carboxylic acids is 1. The third-order valence-electron chi connectivity index (χ3n) is 4.97. The van der Waals surface area contributed by atoms with E-state index in [-0.39, 0.29) is 6.54 Å². The zero-order chi connectivity index (χ0) is 24.1. The van der Waals surface area contributed by atoms with Crippen LogP contribution in [0.25, 0.3) is 0 Å². The summed E-state index contributed by atoms with van der Waals surface area (Å²) in [6, 6.07) is 11.6. The normalized spacial score (nSPS) is 10.8. The number of amides is 3. The average molecular weight is 437 g/mol. The topological polar surface area (TPSA) is 111 Å². The molecule has 1 N–H and O–H groups in total. The standard InChI is InChI=1S/C24H27N3O5/c1-6-27(20-9-7-18(13-25)8-10-20)23(31)26(15-28)14-19-11-16(2)21(17(3)12-19)32-24(4,5)22(29)30/h7-12,15H,6,14H2,1-5H3,(H,29,30). The molecule has 0 saturated heterocycles. The number of carbonyl (C=O) groups is 3. The van der Waals surface area contributed by atoms with Crippen LogP contribution in [-0.4, -0.2) is 40.6 Å². The minimum atomic E-state index is -1.40. The average Bonchev–Trinajstić information content (AvgIpc) is 2.75. The molecule has 168 valence electrons. The number of benzene rings is 2. The molecule has 2 aromatic carbocycles. The van der Waals surface area contributed by atoms with Gasteiger partial charge in [-0.25, -0.2) is 9.59 Å². The first-order valence-electron chi connectivity index (χ1n) is 10.1. The predicted molar refractivity (Wildman–Crippen MR) is 119 cm³/mol. The third-order valence-corrected chi connectivity index (χ3v) is 4.97. The van der Waals surface area contributed by atoms with Crippen molar-refractivity contribution in [3.05, 3.63) is 58.7 Å². The van der Waals surface area contributed by atoms with Gasteiger partial charge in [0.25, 0.3) is 0 Å². The number of urea groups is 1. The van der Waals surface area contributed by atoms with E-state index in [1.165, 1.54) is 18.7 Å². The second-order valence-electron chi connectivity index (χ2n) is 7.90. The molecule has 0 atom stereocenters. The zero-order valence-electron chi connectivity index (χ0n) is 18.9. The highest BCUT2D eigenvalue weighted by molar-refractivity contribution is 5.97.